The topological polar surface area (TPSA) is 40.9 Å². The number of likely N-dealkylation sites (N-methyl/N-ethyl adjacent to an activating group) is 1. The molecule has 5 heteroatoms. The van der Waals surface area contributed by atoms with Crippen molar-refractivity contribution < 1.29 is 9.84 Å². The first-order valence-corrected chi connectivity index (χ1v) is 7.60. The van der Waals surface area contributed by atoms with Crippen molar-refractivity contribution in [3.8, 4) is 0 Å². The van der Waals surface area contributed by atoms with Gasteiger partial charge in [-0.15, -0.1) is 0 Å². The van der Waals surface area contributed by atoms with Gasteiger partial charge in [-0.25, -0.2) is 0 Å². The molecular formula is C15H27N3O2. The summed E-state index contributed by atoms with van der Waals surface area (Å²) in [5.74, 6) is 0. The number of rotatable bonds is 8. The van der Waals surface area contributed by atoms with Crippen molar-refractivity contribution in [3.63, 3.8) is 0 Å². The van der Waals surface area contributed by atoms with E-state index >= 15 is 0 Å². The molecule has 0 aromatic carbocycles. The van der Waals surface area contributed by atoms with Gasteiger partial charge in [0.15, 0.2) is 0 Å². The third-order valence-electron chi connectivity index (χ3n) is 3.93. The zero-order chi connectivity index (χ0) is 14.2. The predicted octanol–water partition coefficient (Wildman–Crippen LogP) is 0.635. The molecule has 114 valence electrons. The lowest BCUT2D eigenvalue weighted by atomic mass is 10.3. The van der Waals surface area contributed by atoms with Gasteiger partial charge in [0.1, 0.15) is 0 Å². The second-order valence-corrected chi connectivity index (χ2v) is 5.24. The van der Waals surface area contributed by atoms with Crippen molar-refractivity contribution in [1.29, 1.82) is 0 Å². The molecule has 0 bridgehead atoms. The fraction of sp³-hybridized carbons (Fsp3) is 0.733. The van der Waals surface area contributed by atoms with Gasteiger partial charge in [-0.05, 0) is 18.7 Å². The largest absolute Gasteiger partial charge is 0.395 e. The van der Waals surface area contributed by atoms with E-state index in [1.165, 1.54) is 5.69 Å². The van der Waals surface area contributed by atoms with Crippen molar-refractivity contribution in [2.75, 3.05) is 52.5 Å². The van der Waals surface area contributed by atoms with Crippen molar-refractivity contribution >= 4 is 0 Å². The highest BCUT2D eigenvalue weighted by atomic mass is 16.5. The highest BCUT2D eigenvalue weighted by Crippen LogP contribution is 2.07. The summed E-state index contributed by atoms with van der Waals surface area (Å²) in [5, 5.41) is 9.07. The maximum absolute atomic E-state index is 9.07. The van der Waals surface area contributed by atoms with Gasteiger partial charge < -0.3 is 14.4 Å². The van der Waals surface area contributed by atoms with E-state index in [4.69, 9.17) is 9.84 Å². The van der Waals surface area contributed by atoms with E-state index < -0.39 is 0 Å². The summed E-state index contributed by atoms with van der Waals surface area (Å²) in [4.78, 5) is 4.72. The van der Waals surface area contributed by atoms with Crippen LogP contribution in [-0.4, -0.2) is 72.0 Å². The molecule has 20 heavy (non-hydrogen) atoms. The van der Waals surface area contributed by atoms with Gasteiger partial charge in [-0.2, -0.15) is 0 Å². The third kappa shape index (κ3) is 4.59. The minimum absolute atomic E-state index is 0.225. The molecule has 0 amide bonds. The molecule has 1 N–H and O–H groups in total. The average Bonchev–Trinajstić information content (AvgIpc) is 2.93. The molecule has 1 aromatic heterocycles. The van der Waals surface area contributed by atoms with E-state index in [1.54, 1.807) is 0 Å². The van der Waals surface area contributed by atoms with Crippen molar-refractivity contribution in [1.82, 2.24) is 14.4 Å². The Kier molecular flexibility index (Phi) is 6.53. The van der Waals surface area contributed by atoms with Gasteiger partial charge in [0.2, 0.25) is 0 Å². The predicted molar refractivity (Wildman–Crippen MR) is 79.7 cm³/mol. The number of hydrogen-bond acceptors (Lipinski definition) is 4. The molecule has 0 saturated carbocycles. The Bertz CT molecular complexity index is 375. The molecule has 1 fully saturated rings. The lowest BCUT2D eigenvalue weighted by Crippen LogP contribution is -2.38. The Labute approximate surface area is 121 Å². The van der Waals surface area contributed by atoms with Crippen molar-refractivity contribution in [2.45, 2.75) is 20.0 Å². The average molecular weight is 281 g/mol. The van der Waals surface area contributed by atoms with E-state index in [0.29, 0.717) is 0 Å². The Morgan fingerprint density at radius 3 is 2.80 bits per heavy atom. The van der Waals surface area contributed by atoms with Crippen LogP contribution in [0.15, 0.2) is 18.3 Å². The van der Waals surface area contributed by atoms with Crippen LogP contribution in [0.1, 0.15) is 12.6 Å². The van der Waals surface area contributed by atoms with Gasteiger partial charge in [0, 0.05) is 51.2 Å². The number of ether oxygens (including phenoxy) is 1. The maximum Gasteiger partial charge on any atom is 0.0594 e. The zero-order valence-electron chi connectivity index (χ0n) is 12.5. The second kappa shape index (κ2) is 8.42. The second-order valence-electron chi connectivity index (χ2n) is 5.24. The third-order valence-corrected chi connectivity index (χ3v) is 3.93. The van der Waals surface area contributed by atoms with E-state index in [9.17, 15) is 0 Å². The summed E-state index contributed by atoms with van der Waals surface area (Å²) < 4.78 is 7.70. The number of hydrogen-bond donors (Lipinski definition) is 1. The molecule has 0 radical (unpaired) electrons. The quantitative estimate of drug-likeness (QED) is 0.759. The van der Waals surface area contributed by atoms with Crippen LogP contribution >= 0.6 is 0 Å². The Balaban J connectivity index is 1.84. The first-order valence-electron chi connectivity index (χ1n) is 7.60. The number of aromatic nitrogens is 1. The maximum atomic E-state index is 9.07. The molecule has 5 nitrogen and oxygen atoms in total. The molecule has 1 aliphatic heterocycles. The van der Waals surface area contributed by atoms with Gasteiger partial charge in [-0.1, -0.05) is 6.92 Å². The summed E-state index contributed by atoms with van der Waals surface area (Å²) in [6, 6.07) is 4.29. The van der Waals surface area contributed by atoms with Gasteiger partial charge >= 0.3 is 0 Å². The molecular weight excluding hydrogens is 254 g/mol. The lowest BCUT2D eigenvalue weighted by Gasteiger charge is -2.27. The van der Waals surface area contributed by atoms with Crippen molar-refractivity contribution in [2.24, 2.45) is 0 Å². The minimum atomic E-state index is 0.225. The van der Waals surface area contributed by atoms with E-state index in [0.717, 1.165) is 59.0 Å². The molecule has 0 atom stereocenters. The Morgan fingerprint density at radius 1 is 1.30 bits per heavy atom. The number of nitrogens with zero attached hydrogens (tertiary/aromatic N) is 3. The van der Waals surface area contributed by atoms with Crippen LogP contribution in [0, 0.1) is 0 Å². The molecule has 0 aliphatic carbocycles. The number of aliphatic hydroxyl groups is 1. The fourth-order valence-corrected chi connectivity index (χ4v) is 2.60. The number of aliphatic hydroxyl groups excluding tert-OH is 1. The molecule has 1 aromatic rings. The first-order chi connectivity index (χ1) is 9.83. The van der Waals surface area contributed by atoms with Crippen molar-refractivity contribution in [3.05, 3.63) is 24.0 Å². The molecule has 2 rings (SSSR count). The van der Waals surface area contributed by atoms with Crippen LogP contribution in [0.2, 0.25) is 0 Å². The van der Waals surface area contributed by atoms with Crippen LogP contribution in [-0.2, 0) is 17.8 Å². The van der Waals surface area contributed by atoms with Crippen LogP contribution in [0.4, 0.5) is 0 Å². The standard InChI is InChI=1S/C15H27N3O2/c1-2-16(8-11-19)14-15-4-3-5-18(15)7-6-17-9-12-20-13-10-17/h3-5,19H,2,6-14H2,1H3. The first kappa shape index (κ1) is 15.5. The van der Waals surface area contributed by atoms with Crippen LogP contribution < -0.4 is 0 Å². The van der Waals surface area contributed by atoms with Gasteiger partial charge in [0.05, 0.1) is 19.8 Å². The minimum Gasteiger partial charge on any atom is -0.395 e. The summed E-state index contributed by atoms with van der Waals surface area (Å²) >= 11 is 0. The zero-order valence-corrected chi connectivity index (χ0v) is 12.5. The van der Waals surface area contributed by atoms with E-state index in [2.05, 4.69) is 39.6 Å². The van der Waals surface area contributed by atoms with E-state index in [-0.39, 0.29) is 6.61 Å². The summed E-state index contributed by atoms with van der Waals surface area (Å²) in [7, 11) is 0. The van der Waals surface area contributed by atoms with Crippen LogP contribution in [0.3, 0.4) is 0 Å². The summed E-state index contributed by atoms with van der Waals surface area (Å²) in [6.45, 7) is 10.9. The summed E-state index contributed by atoms with van der Waals surface area (Å²) in [6.07, 6.45) is 2.16. The normalized spacial score (nSPS) is 16.9. The Morgan fingerprint density at radius 2 is 2.10 bits per heavy atom. The number of morpholine rings is 1. The highest BCUT2D eigenvalue weighted by Gasteiger charge is 2.11. The van der Waals surface area contributed by atoms with Gasteiger partial charge in [0.25, 0.3) is 0 Å². The summed E-state index contributed by atoms with van der Waals surface area (Å²) in [5.41, 5.74) is 1.33. The Hall–Kier alpha value is -0.880. The van der Waals surface area contributed by atoms with Gasteiger partial charge in [-0.3, -0.25) is 9.80 Å². The molecule has 1 aliphatic rings. The SMILES string of the molecule is CCN(CCO)Cc1cccn1CCN1CCOCC1. The van der Waals surface area contributed by atoms with Crippen LogP contribution in [0.25, 0.3) is 0 Å². The smallest absolute Gasteiger partial charge is 0.0594 e. The monoisotopic (exact) mass is 281 g/mol. The highest BCUT2D eigenvalue weighted by molar-refractivity contribution is 5.07. The molecule has 0 unspecified atom stereocenters. The van der Waals surface area contributed by atoms with Crippen LogP contribution in [0.5, 0.6) is 0 Å². The molecule has 1 saturated heterocycles. The fourth-order valence-electron chi connectivity index (χ4n) is 2.60. The molecule has 0 spiro atoms. The lowest BCUT2D eigenvalue weighted by molar-refractivity contribution is 0.0362. The van der Waals surface area contributed by atoms with E-state index in [1.807, 2.05) is 0 Å². The molecule has 2 heterocycles.